The third kappa shape index (κ3) is 9.21. The van der Waals surface area contributed by atoms with Crippen molar-refractivity contribution >= 4 is 36.8 Å². The first-order valence-corrected chi connectivity index (χ1v) is 12.1. The van der Waals surface area contributed by atoms with Crippen LogP contribution in [0.2, 0.25) is 0 Å². The average molecular weight is 503 g/mol. The standard InChI is InChI=1S/C19H30N5O9P/c1-12(2)32-18(26)29-10-31-34(27,28)11-30-13(3)7-24-9-22-14-15(20-8-21-16(14)24)23-17(25)33-19(4,5)6/h8-9,12-13H,7,10-11H2,1-6H3,(H,27,28)(H,20,21,23,25)/t13-/m1/s1. The van der Waals surface area contributed by atoms with E-state index in [1.54, 1.807) is 46.1 Å². The molecule has 1 amide bonds. The zero-order chi connectivity index (χ0) is 25.5. The molecule has 1 unspecified atom stereocenters. The number of rotatable bonds is 10. The summed E-state index contributed by atoms with van der Waals surface area (Å²) in [6, 6.07) is 0. The van der Waals surface area contributed by atoms with Crippen molar-refractivity contribution in [3.8, 4) is 0 Å². The number of nitrogens with one attached hydrogen (secondary N) is 1. The van der Waals surface area contributed by atoms with Crippen LogP contribution in [0.15, 0.2) is 12.7 Å². The van der Waals surface area contributed by atoms with Gasteiger partial charge in [0.25, 0.3) is 0 Å². The third-order valence-electron chi connectivity index (χ3n) is 3.76. The summed E-state index contributed by atoms with van der Waals surface area (Å²) in [5, 5.41) is 2.54. The first-order valence-electron chi connectivity index (χ1n) is 10.3. The highest BCUT2D eigenvalue weighted by Gasteiger charge is 2.23. The molecule has 0 saturated carbocycles. The van der Waals surface area contributed by atoms with E-state index in [1.165, 1.54) is 12.7 Å². The van der Waals surface area contributed by atoms with Gasteiger partial charge in [-0.05, 0) is 41.5 Å². The number of fused-ring (bicyclic) bond motifs is 1. The van der Waals surface area contributed by atoms with Crippen LogP contribution in [0.3, 0.4) is 0 Å². The highest BCUT2D eigenvalue weighted by molar-refractivity contribution is 7.52. The van der Waals surface area contributed by atoms with Gasteiger partial charge in [-0.3, -0.25) is 14.4 Å². The van der Waals surface area contributed by atoms with E-state index >= 15 is 0 Å². The van der Waals surface area contributed by atoms with Gasteiger partial charge in [0.2, 0.25) is 6.79 Å². The Labute approximate surface area is 196 Å². The maximum atomic E-state index is 12.1. The number of imidazole rings is 1. The monoisotopic (exact) mass is 503 g/mol. The molecule has 0 radical (unpaired) electrons. The van der Waals surface area contributed by atoms with Crippen molar-refractivity contribution in [2.24, 2.45) is 0 Å². The molecule has 0 aliphatic rings. The quantitative estimate of drug-likeness (QED) is 0.276. The van der Waals surface area contributed by atoms with Crippen molar-refractivity contribution in [3.63, 3.8) is 0 Å². The molecule has 2 rings (SSSR count). The van der Waals surface area contributed by atoms with Crippen LogP contribution in [-0.4, -0.2) is 67.6 Å². The zero-order valence-corrected chi connectivity index (χ0v) is 20.8. The maximum absolute atomic E-state index is 12.1. The second-order valence-electron chi connectivity index (χ2n) is 8.47. The molecule has 34 heavy (non-hydrogen) atoms. The Morgan fingerprint density at radius 1 is 1.21 bits per heavy atom. The van der Waals surface area contributed by atoms with E-state index in [2.05, 4.69) is 25.0 Å². The van der Waals surface area contributed by atoms with Crippen LogP contribution in [0.5, 0.6) is 0 Å². The van der Waals surface area contributed by atoms with Gasteiger partial charge in [0.15, 0.2) is 17.0 Å². The molecule has 0 aliphatic heterocycles. The highest BCUT2D eigenvalue weighted by atomic mass is 31.2. The highest BCUT2D eigenvalue weighted by Crippen LogP contribution is 2.42. The molecule has 0 bridgehead atoms. The fourth-order valence-electron chi connectivity index (χ4n) is 2.48. The predicted octanol–water partition coefficient (Wildman–Crippen LogP) is 3.26. The van der Waals surface area contributed by atoms with E-state index in [9.17, 15) is 19.0 Å². The normalized spacial score (nSPS) is 14.5. The number of hydrogen-bond donors (Lipinski definition) is 2. The number of ether oxygens (including phenoxy) is 4. The van der Waals surface area contributed by atoms with Gasteiger partial charge in [-0.2, -0.15) is 0 Å². The van der Waals surface area contributed by atoms with Crippen LogP contribution in [-0.2, 0) is 34.6 Å². The Kier molecular flexibility index (Phi) is 9.33. The van der Waals surface area contributed by atoms with Crippen molar-refractivity contribution < 1.29 is 42.5 Å². The van der Waals surface area contributed by atoms with Crippen LogP contribution in [0.1, 0.15) is 41.5 Å². The molecular weight excluding hydrogens is 473 g/mol. The topological polar surface area (TPSA) is 173 Å². The Bertz CT molecular complexity index is 1040. The number of hydrogen-bond acceptors (Lipinski definition) is 11. The van der Waals surface area contributed by atoms with Crippen molar-refractivity contribution in [2.75, 3.05) is 18.5 Å². The molecule has 15 heteroatoms. The second-order valence-corrected chi connectivity index (χ2v) is 10.3. The molecule has 190 valence electrons. The Balaban J connectivity index is 1.91. The molecule has 2 aromatic heterocycles. The van der Waals surface area contributed by atoms with Gasteiger partial charge in [-0.25, -0.2) is 24.5 Å². The molecule has 0 aromatic carbocycles. The zero-order valence-electron chi connectivity index (χ0n) is 19.9. The minimum absolute atomic E-state index is 0.177. The van der Waals surface area contributed by atoms with Gasteiger partial charge in [-0.15, -0.1) is 0 Å². The van der Waals surface area contributed by atoms with E-state index in [4.69, 9.17) is 18.7 Å². The minimum atomic E-state index is -4.18. The molecule has 0 saturated heterocycles. The van der Waals surface area contributed by atoms with Crippen LogP contribution < -0.4 is 5.32 Å². The van der Waals surface area contributed by atoms with E-state index < -0.39 is 50.8 Å². The van der Waals surface area contributed by atoms with E-state index in [-0.39, 0.29) is 12.4 Å². The summed E-state index contributed by atoms with van der Waals surface area (Å²) in [6.07, 6.45) is -0.541. The number of anilines is 1. The summed E-state index contributed by atoms with van der Waals surface area (Å²) in [5.41, 5.74) is 0.0704. The van der Waals surface area contributed by atoms with Crippen molar-refractivity contribution in [2.45, 2.75) is 65.9 Å². The lowest BCUT2D eigenvalue weighted by Gasteiger charge is -2.19. The first-order chi connectivity index (χ1) is 15.8. The number of carbonyl (C=O) groups is 2. The average Bonchev–Trinajstić information content (AvgIpc) is 3.08. The fraction of sp³-hybridized carbons (Fsp3) is 0.632. The van der Waals surface area contributed by atoms with Gasteiger partial charge in [0.1, 0.15) is 18.3 Å². The third-order valence-corrected chi connectivity index (χ3v) is 4.74. The Morgan fingerprint density at radius 3 is 2.56 bits per heavy atom. The lowest BCUT2D eigenvalue weighted by molar-refractivity contribution is -0.0152. The van der Waals surface area contributed by atoms with E-state index in [1.807, 2.05) is 0 Å². The molecule has 0 fully saturated rings. The molecule has 2 aromatic rings. The summed E-state index contributed by atoms with van der Waals surface area (Å²) in [7, 11) is -4.18. The van der Waals surface area contributed by atoms with Gasteiger partial charge >= 0.3 is 19.8 Å². The molecule has 2 N–H and O–H groups in total. The van der Waals surface area contributed by atoms with Gasteiger partial charge < -0.3 is 28.4 Å². The molecule has 0 spiro atoms. The molecule has 2 heterocycles. The summed E-state index contributed by atoms with van der Waals surface area (Å²) in [4.78, 5) is 45.6. The Morgan fingerprint density at radius 2 is 1.91 bits per heavy atom. The van der Waals surface area contributed by atoms with Gasteiger partial charge in [-0.1, -0.05) is 0 Å². The van der Waals surface area contributed by atoms with Crippen LogP contribution in [0, 0.1) is 0 Å². The van der Waals surface area contributed by atoms with E-state index in [0.29, 0.717) is 11.2 Å². The van der Waals surface area contributed by atoms with Crippen molar-refractivity contribution in [3.05, 3.63) is 12.7 Å². The molecule has 0 aliphatic carbocycles. The predicted molar refractivity (Wildman–Crippen MR) is 119 cm³/mol. The number of nitrogens with zero attached hydrogens (tertiary/aromatic N) is 4. The van der Waals surface area contributed by atoms with E-state index in [0.717, 1.165) is 0 Å². The summed E-state index contributed by atoms with van der Waals surface area (Å²) in [5.74, 6) is 0.177. The summed E-state index contributed by atoms with van der Waals surface area (Å²) >= 11 is 0. The fourth-order valence-corrected chi connectivity index (χ4v) is 3.21. The summed E-state index contributed by atoms with van der Waals surface area (Å²) in [6.45, 7) is 9.60. The van der Waals surface area contributed by atoms with Gasteiger partial charge in [0.05, 0.1) is 25.1 Å². The van der Waals surface area contributed by atoms with Crippen molar-refractivity contribution in [1.29, 1.82) is 0 Å². The van der Waals surface area contributed by atoms with Crippen LogP contribution in [0.4, 0.5) is 15.4 Å². The van der Waals surface area contributed by atoms with Crippen LogP contribution >= 0.6 is 7.60 Å². The van der Waals surface area contributed by atoms with Crippen molar-refractivity contribution in [1.82, 2.24) is 19.5 Å². The minimum Gasteiger partial charge on any atom is -0.444 e. The largest absolute Gasteiger partial charge is 0.510 e. The second kappa shape index (κ2) is 11.6. The molecular formula is C19H30N5O9P. The summed E-state index contributed by atoms with van der Waals surface area (Å²) < 4.78 is 38.3. The number of carbonyl (C=O) groups excluding carboxylic acids is 2. The SMILES string of the molecule is CC(C)OC(=O)OCOP(=O)(O)CO[C@H](C)Cn1cnc2c(NC(=O)OC(C)(C)C)ncnc21. The first kappa shape index (κ1) is 27.4. The lowest BCUT2D eigenvalue weighted by atomic mass is 10.2. The van der Waals surface area contributed by atoms with Crippen LogP contribution in [0.25, 0.3) is 11.2 Å². The number of aromatic nitrogens is 4. The van der Waals surface area contributed by atoms with Gasteiger partial charge in [0, 0.05) is 0 Å². The lowest BCUT2D eigenvalue weighted by Crippen LogP contribution is -2.27. The Hall–Kier alpha value is -2.80. The molecule has 2 atom stereocenters. The maximum Gasteiger partial charge on any atom is 0.510 e. The molecule has 14 nitrogen and oxygen atoms in total. The number of amides is 1. The smallest absolute Gasteiger partial charge is 0.444 e.